The van der Waals surface area contributed by atoms with Gasteiger partial charge in [-0.3, -0.25) is 9.59 Å². The number of aryl methyl sites for hydroxylation is 1. The molecule has 1 fully saturated rings. The molecule has 2 unspecified atom stereocenters. The Hall–Kier alpha value is -2.17. The van der Waals surface area contributed by atoms with E-state index in [0.29, 0.717) is 6.42 Å². The van der Waals surface area contributed by atoms with E-state index in [1.807, 2.05) is 19.2 Å². The molecule has 108 valence electrons. The van der Waals surface area contributed by atoms with Crippen LogP contribution in [0.3, 0.4) is 0 Å². The number of carbonyl (C=O) groups is 2. The Bertz CT molecular complexity index is 680. The predicted octanol–water partition coefficient (Wildman–Crippen LogP) is 1.46. The molecule has 2 amide bonds. The number of rotatable bonds is 1. The number of hydrogen-bond donors (Lipinski definition) is 1. The molecular weight excluding hydrogens is 266 g/mol. The molecule has 1 aliphatic carbocycles. The molecule has 3 aliphatic rings. The van der Waals surface area contributed by atoms with Crippen molar-refractivity contribution in [1.29, 1.82) is 0 Å². The summed E-state index contributed by atoms with van der Waals surface area (Å²) < 4.78 is 0. The molecule has 0 bridgehead atoms. The van der Waals surface area contributed by atoms with E-state index < -0.39 is 0 Å². The van der Waals surface area contributed by atoms with Crippen molar-refractivity contribution in [3.8, 4) is 0 Å². The lowest BCUT2D eigenvalue weighted by Gasteiger charge is -2.19. The van der Waals surface area contributed by atoms with E-state index in [0.717, 1.165) is 36.2 Å². The first-order valence-electron chi connectivity index (χ1n) is 7.42. The average Bonchev–Trinajstić information content (AvgIpc) is 3.28. The minimum Gasteiger partial charge on any atom is -0.315 e. The van der Waals surface area contributed by atoms with Crippen LogP contribution in [-0.4, -0.2) is 24.6 Å². The molecule has 2 aliphatic heterocycles. The highest BCUT2D eigenvalue weighted by molar-refractivity contribution is 6.10. The Labute approximate surface area is 123 Å². The van der Waals surface area contributed by atoms with E-state index in [1.165, 1.54) is 5.56 Å². The molecule has 0 radical (unpaired) electrons. The summed E-state index contributed by atoms with van der Waals surface area (Å²) in [5, 5.41) is 4.25. The topological polar surface area (TPSA) is 61.8 Å². The van der Waals surface area contributed by atoms with Crippen LogP contribution in [0.25, 0.3) is 0 Å². The fourth-order valence-electron chi connectivity index (χ4n) is 3.35. The van der Waals surface area contributed by atoms with Gasteiger partial charge in [-0.1, -0.05) is 6.07 Å². The summed E-state index contributed by atoms with van der Waals surface area (Å²) in [6.45, 7) is 0. The molecule has 5 nitrogen and oxygen atoms in total. The molecule has 5 heteroatoms. The molecule has 21 heavy (non-hydrogen) atoms. The fourth-order valence-corrected chi connectivity index (χ4v) is 3.35. The van der Waals surface area contributed by atoms with Crippen molar-refractivity contribution in [2.24, 2.45) is 16.9 Å². The largest absolute Gasteiger partial charge is 0.315 e. The van der Waals surface area contributed by atoms with Crippen molar-refractivity contribution in [1.82, 2.24) is 5.43 Å². The normalized spacial score (nSPS) is 27.3. The van der Waals surface area contributed by atoms with Gasteiger partial charge in [0.1, 0.15) is 0 Å². The quantitative estimate of drug-likeness (QED) is 0.848. The number of anilines is 1. The van der Waals surface area contributed by atoms with Crippen LogP contribution < -0.4 is 10.3 Å². The Morgan fingerprint density at radius 1 is 1.24 bits per heavy atom. The number of hydrazone groups is 1. The third kappa shape index (κ3) is 1.95. The number of amides is 2. The summed E-state index contributed by atoms with van der Waals surface area (Å²) in [6, 6.07) is 6.15. The molecule has 1 N–H and O–H groups in total. The summed E-state index contributed by atoms with van der Waals surface area (Å²) >= 11 is 0. The smallest absolute Gasteiger partial charge is 0.243 e. The van der Waals surface area contributed by atoms with Crippen LogP contribution in [0.4, 0.5) is 5.69 Å². The Kier molecular flexibility index (Phi) is 2.64. The fraction of sp³-hybridized carbons (Fsp3) is 0.438. The molecule has 0 saturated heterocycles. The predicted molar refractivity (Wildman–Crippen MR) is 79.1 cm³/mol. The van der Waals surface area contributed by atoms with Gasteiger partial charge < -0.3 is 4.90 Å². The van der Waals surface area contributed by atoms with Gasteiger partial charge in [-0.25, -0.2) is 5.43 Å². The first-order valence-corrected chi connectivity index (χ1v) is 7.42. The van der Waals surface area contributed by atoms with E-state index >= 15 is 0 Å². The van der Waals surface area contributed by atoms with Crippen LogP contribution in [0.2, 0.25) is 0 Å². The second-order valence-corrected chi connectivity index (χ2v) is 6.07. The molecular formula is C16H17N3O2. The van der Waals surface area contributed by atoms with Crippen LogP contribution in [0.15, 0.2) is 23.3 Å². The van der Waals surface area contributed by atoms with Crippen LogP contribution in [0.1, 0.15) is 30.4 Å². The molecule has 1 aromatic carbocycles. The molecule has 4 rings (SSSR count). The summed E-state index contributed by atoms with van der Waals surface area (Å²) in [7, 11) is 1.83. The number of carbonyl (C=O) groups excluding carboxylic acids is 2. The zero-order valence-corrected chi connectivity index (χ0v) is 11.9. The van der Waals surface area contributed by atoms with Gasteiger partial charge in [-0.05, 0) is 42.5 Å². The molecule has 1 saturated carbocycles. The van der Waals surface area contributed by atoms with Crippen molar-refractivity contribution < 1.29 is 9.59 Å². The lowest BCUT2D eigenvalue weighted by atomic mass is 9.98. The second kappa shape index (κ2) is 4.41. The van der Waals surface area contributed by atoms with Gasteiger partial charge in [0.2, 0.25) is 11.8 Å². The molecule has 2 atom stereocenters. The standard InChI is InChI=1S/C16H17N3O2/c1-19-13-6-5-10(7-9(13)3-2-4-14(19)20)15-11-8-12(11)16(21)18-17-15/h5-7,11-12H,2-4,8H2,1H3,(H,18,21). The number of fused-ring (bicyclic) bond motifs is 2. The maximum Gasteiger partial charge on any atom is 0.243 e. The van der Waals surface area contributed by atoms with E-state index in [2.05, 4.69) is 16.6 Å². The highest BCUT2D eigenvalue weighted by atomic mass is 16.2. The van der Waals surface area contributed by atoms with Crippen LogP contribution >= 0.6 is 0 Å². The zero-order valence-electron chi connectivity index (χ0n) is 11.9. The summed E-state index contributed by atoms with van der Waals surface area (Å²) in [5.41, 5.74) is 6.86. The zero-order chi connectivity index (χ0) is 14.6. The van der Waals surface area contributed by atoms with Crippen molar-refractivity contribution >= 4 is 23.2 Å². The third-order valence-electron chi connectivity index (χ3n) is 4.71. The van der Waals surface area contributed by atoms with Gasteiger partial charge in [0.05, 0.1) is 5.71 Å². The van der Waals surface area contributed by atoms with Crippen molar-refractivity contribution in [3.63, 3.8) is 0 Å². The molecule has 2 heterocycles. The summed E-state index contributed by atoms with van der Waals surface area (Å²) in [5.74, 6) is 0.609. The Balaban J connectivity index is 1.72. The van der Waals surface area contributed by atoms with Gasteiger partial charge >= 0.3 is 0 Å². The SMILES string of the molecule is CN1C(=O)CCCc2cc(C3=NNC(=O)C4CC34)ccc21. The van der Waals surface area contributed by atoms with E-state index in [-0.39, 0.29) is 23.7 Å². The van der Waals surface area contributed by atoms with Gasteiger partial charge in [0.25, 0.3) is 0 Å². The second-order valence-electron chi connectivity index (χ2n) is 6.07. The number of nitrogens with zero attached hydrogens (tertiary/aromatic N) is 2. The minimum absolute atomic E-state index is 0.0452. The molecule has 0 aromatic heterocycles. The van der Waals surface area contributed by atoms with Gasteiger partial charge in [0.15, 0.2) is 0 Å². The van der Waals surface area contributed by atoms with Gasteiger partial charge in [-0.2, -0.15) is 5.10 Å². The van der Waals surface area contributed by atoms with Crippen LogP contribution in [0, 0.1) is 11.8 Å². The number of benzene rings is 1. The van der Waals surface area contributed by atoms with Crippen molar-refractivity contribution in [2.75, 3.05) is 11.9 Å². The van der Waals surface area contributed by atoms with Crippen LogP contribution in [0.5, 0.6) is 0 Å². The first-order chi connectivity index (χ1) is 10.1. The summed E-state index contributed by atoms with van der Waals surface area (Å²) in [4.78, 5) is 25.2. The van der Waals surface area contributed by atoms with Crippen molar-refractivity contribution in [2.45, 2.75) is 25.7 Å². The summed E-state index contributed by atoms with van der Waals surface area (Å²) in [6.07, 6.45) is 3.30. The highest BCUT2D eigenvalue weighted by Gasteiger charge is 2.49. The minimum atomic E-state index is 0.0452. The molecule has 0 spiro atoms. The monoisotopic (exact) mass is 283 g/mol. The third-order valence-corrected chi connectivity index (χ3v) is 4.71. The lowest BCUT2D eigenvalue weighted by Crippen LogP contribution is -2.29. The van der Waals surface area contributed by atoms with Crippen molar-refractivity contribution in [3.05, 3.63) is 29.3 Å². The van der Waals surface area contributed by atoms with E-state index in [4.69, 9.17) is 0 Å². The highest BCUT2D eigenvalue weighted by Crippen LogP contribution is 2.43. The Morgan fingerprint density at radius 2 is 2.10 bits per heavy atom. The Morgan fingerprint density at radius 3 is 2.95 bits per heavy atom. The number of nitrogens with one attached hydrogen (secondary N) is 1. The van der Waals surface area contributed by atoms with E-state index in [1.54, 1.807) is 4.90 Å². The van der Waals surface area contributed by atoms with Gasteiger partial charge in [0, 0.05) is 31.0 Å². The van der Waals surface area contributed by atoms with Gasteiger partial charge in [-0.15, -0.1) is 0 Å². The first kappa shape index (κ1) is 12.6. The number of hydrogen-bond acceptors (Lipinski definition) is 3. The van der Waals surface area contributed by atoms with Crippen LogP contribution in [-0.2, 0) is 16.0 Å². The maximum atomic E-state index is 11.9. The average molecular weight is 283 g/mol. The molecule has 1 aromatic rings. The lowest BCUT2D eigenvalue weighted by molar-refractivity contribution is -0.122. The maximum absolute atomic E-state index is 11.9. The van der Waals surface area contributed by atoms with E-state index in [9.17, 15) is 9.59 Å².